The van der Waals surface area contributed by atoms with Crippen molar-refractivity contribution in [3.63, 3.8) is 0 Å². The Morgan fingerprint density at radius 3 is 2.82 bits per heavy atom. The fourth-order valence-corrected chi connectivity index (χ4v) is 4.47. The van der Waals surface area contributed by atoms with Gasteiger partial charge in [0.05, 0.1) is 24.8 Å². The van der Waals surface area contributed by atoms with Gasteiger partial charge in [-0.2, -0.15) is 10.5 Å². The zero-order valence-electron chi connectivity index (χ0n) is 17.6. The van der Waals surface area contributed by atoms with Gasteiger partial charge < -0.3 is 25.9 Å². The first kappa shape index (κ1) is 21.9. The standard InChI is InChI=1S/C22H20N8O2S/c1-31-16-5-4-12(7-13(16)9-33-10-14-3-2-6-32-14)19-17-18(25)15(8-23)20(26)29-21(17)30-22(28-19)27-11-24/h2-7,19H,9-10H2,1H3,(H6,25,26,27,28,29,30). The van der Waals surface area contributed by atoms with E-state index in [1.165, 1.54) is 0 Å². The Hall–Kier alpha value is -4.35. The summed E-state index contributed by atoms with van der Waals surface area (Å²) in [5.74, 6) is 3.55. The largest absolute Gasteiger partial charge is 0.496 e. The van der Waals surface area contributed by atoms with Gasteiger partial charge >= 0.3 is 0 Å². The molecule has 10 nitrogen and oxygen atoms in total. The first-order valence-electron chi connectivity index (χ1n) is 9.81. The number of aromatic nitrogens is 1. The lowest BCUT2D eigenvalue weighted by atomic mass is 9.94. The van der Waals surface area contributed by atoms with Crippen molar-refractivity contribution in [2.45, 2.75) is 17.5 Å². The number of rotatable bonds is 6. The van der Waals surface area contributed by atoms with Crippen LogP contribution in [0.2, 0.25) is 0 Å². The number of guanidine groups is 1. The summed E-state index contributed by atoms with van der Waals surface area (Å²) >= 11 is 1.68. The van der Waals surface area contributed by atoms with Crippen LogP contribution in [0.15, 0.2) is 46.0 Å². The summed E-state index contributed by atoms with van der Waals surface area (Å²) in [5.41, 5.74) is 14.8. The van der Waals surface area contributed by atoms with E-state index in [1.54, 1.807) is 25.1 Å². The van der Waals surface area contributed by atoms with Crippen molar-refractivity contribution in [1.29, 1.82) is 10.5 Å². The van der Waals surface area contributed by atoms with E-state index in [-0.39, 0.29) is 23.0 Å². The summed E-state index contributed by atoms with van der Waals surface area (Å²) in [6, 6.07) is 10.9. The molecule has 3 heterocycles. The first-order valence-corrected chi connectivity index (χ1v) is 11.0. The number of nitriles is 2. The lowest BCUT2D eigenvalue weighted by molar-refractivity contribution is 0.411. The molecule has 6 N–H and O–H groups in total. The summed E-state index contributed by atoms with van der Waals surface area (Å²) < 4.78 is 10.9. The molecule has 0 radical (unpaired) electrons. The quantitative estimate of drug-likeness (QED) is 0.316. The molecule has 0 saturated carbocycles. The van der Waals surface area contributed by atoms with Crippen molar-refractivity contribution in [1.82, 2.24) is 10.3 Å². The van der Waals surface area contributed by atoms with E-state index >= 15 is 0 Å². The normalized spacial score (nSPS) is 14.3. The van der Waals surface area contributed by atoms with Crippen LogP contribution in [0.3, 0.4) is 0 Å². The number of hydrogen-bond donors (Lipinski definition) is 4. The van der Waals surface area contributed by atoms with Gasteiger partial charge in [0.2, 0.25) is 5.96 Å². The number of furan rings is 1. The third-order valence-corrected chi connectivity index (χ3v) is 6.06. The van der Waals surface area contributed by atoms with Crippen LogP contribution in [0.5, 0.6) is 5.75 Å². The van der Waals surface area contributed by atoms with Crippen LogP contribution in [-0.2, 0) is 11.5 Å². The fourth-order valence-electron chi connectivity index (χ4n) is 3.56. The minimum atomic E-state index is -0.614. The number of nitrogens with zero attached hydrogens (tertiary/aromatic N) is 4. The lowest BCUT2D eigenvalue weighted by Gasteiger charge is -2.26. The van der Waals surface area contributed by atoms with Crippen molar-refractivity contribution in [3.8, 4) is 18.0 Å². The van der Waals surface area contributed by atoms with Crippen LogP contribution >= 0.6 is 11.8 Å². The number of aliphatic imine (C=N–C) groups is 1. The van der Waals surface area contributed by atoms with Gasteiger partial charge in [0.1, 0.15) is 40.8 Å². The molecule has 0 bridgehead atoms. The van der Waals surface area contributed by atoms with E-state index in [9.17, 15) is 5.26 Å². The molecule has 1 aromatic carbocycles. The Morgan fingerprint density at radius 1 is 1.27 bits per heavy atom. The van der Waals surface area contributed by atoms with Crippen molar-refractivity contribution < 1.29 is 9.15 Å². The second-order valence-electron chi connectivity index (χ2n) is 7.05. The maximum Gasteiger partial charge on any atom is 0.211 e. The number of hydrogen-bond acceptors (Lipinski definition) is 11. The Labute approximate surface area is 194 Å². The Bertz CT molecular complexity index is 1290. The van der Waals surface area contributed by atoms with Crippen molar-refractivity contribution in [2.75, 3.05) is 23.9 Å². The molecule has 1 aliphatic heterocycles. The van der Waals surface area contributed by atoms with Gasteiger partial charge in [-0.3, -0.25) is 5.32 Å². The molecule has 0 aliphatic carbocycles. The molecular weight excluding hydrogens is 440 g/mol. The van der Waals surface area contributed by atoms with E-state index < -0.39 is 6.04 Å². The van der Waals surface area contributed by atoms with Gasteiger partial charge in [-0.25, -0.2) is 9.98 Å². The summed E-state index contributed by atoms with van der Waals surface area (Å²) in [6.45, 7) is 0. The molecule has 33 heavy (non-hydrogen) atoms. The average Bonchev–Trinajstić information content (AvgIpc) is 3.32. The predicted octanol–water partition coefficient (Wildman–Crippen LogP) is 3.09. The molecule has 0 saturated heterocycles. The van der Waals surface area contributed by atoms with E-state index in [2.05, 4.69) is 20.6 Å². The van der Waals surface area contributed by atoms with E-state index in [0.29, 0.717) is 22.9 Å². The monoisotopic (exact) mass is 460 g/mol. The zero-order chi connectivity index (χ0) is 23.4. The van der Waals surface area contributed by atoms with E-state index in [1.807, 2.05) is 42.6 Å². The molecule has 1 aliphatic rings. The molecule has 3 aromatic rings. The molecule has 0 amide bonds. The van der Waals surface area contributed by atoms with Crippen LogP contribution in [0, 0.1) is 22.8 Å². The van der Waals surface area contributed by atoms with Crippen molar-refractivity contribution >= 4 is 35.0 Å². The number of fused-ring (bicyclic) bond motifs is 1. The predicted molar refractivity (Wildman–Crippen MR) is 126 cm³/mol. The molecule has 2 aromatic heterocycles. The number of benzene rings is 1. The zero-order valence-corrected chi connectivity index (χ0v) is 18.4. The maximum absolute atomic E-state index is 9.49. The van der Waals surface area contributed by atoms with Crippen LogP contribution in [0.1, 0.15) is 34.1 Å². The molecular formula is C22H20N8O2S. The summed E-state index contributed by atoms with van der Waals surface area (Å²) in [6.07, 6.45) is 3.49. The Balaban J connectivity index is 1.74. The molecule has 11 heteroatoms. The highest BCUT2D eigenvalue weighted by atomic mass is 32.2. The number of ether oxygens (including phenoxy) is 1. The number of nitrogens with two attached hydrogens (primary N) is 2. The number of anilines is 3. The highest BCUT2D eigenvalue weighted by molar-refractivity contribution is 7.97. The van der Waals surface area contributed by atoms with Crippen LogP contribution in [-0.4, -0.2) is 18.1 Å². The SMILES string of the molecule is COc1ccc(C2N=C(NC#N)Nc3nc(N)c(C#N)c(N)c32)cc1CSCc1ccco1. The number of pyridine rings is 1. The van der Waals surface area contributed by atoms with Gasteiger partial charge in [0.15, 0.2) is 6.19 Å². The number of thioether (sulfide) groups is 1. The second kappa shape index (κ2) is 9.42. The average molecular weight is 461 g/mol. The highest BCUT2D eigenvalue weighted by Gasteiger charge is 2.30. The highest BCUT2D eigenvalue weighted by Crippen LogP contribution is 2.41. The summed E-state index contributed by atoms with van der Waals surface area (Å²) in [4.78, 5) is 8.89. The van der Waals surface area contributed by atoms with Crippen molar-refractivity contribution in [2.24, 2.45) is 4.99 Å². The maximum atomic E-state index is 9.49. The molecule has 0 fully saturated rings. The first-order chi connectivity index (χ1) is 16.0. The Morgan fingerprint density at radius 2 is 2.12 bits per heavy atom. The molecule has 0 spiro atoms. The smallest absolute Gasteiger partial charge is 0.211 e. The molecule has 1 unspecified atom stereocenters. The molecule has 1 atom stereocenters. The van der Waals surface area contributed by atoms with E-state index in [4.69, 9.17) is 25.9 Å². The molecule has 166 valence electrons. The van der Waals surface area contributed by atoms with Crippen LogP contribution in [0.4, 0.5) is 17.3 Å². The van der Waals surface area contributed by atoms with Gasteiger partial charge in [-0.15, -0.1) is 11.8 Å². The number of nitrogen functional groups attached to an aromatic ring is 2. The lowest BCUT2D eigenvalue weighted by Crippen LogP contribution is -2.32. The third kappa shape index (κ3) is 4.35. The third-order valence-electron chi connectivity index (χ3n) is 5.06. The summed E-state index contributed by atoms with van der Waals surface area (Å²) in [7, 11) is 1.62. The molecule has 4 rings (SSSR count). The van der Waals surface area contributed by atoms with Crippen LogP contribution < -0.4 is 26.8 Å². The van der Waals surface area contributed by atoms with Gasteiger partial charge in [-0.05, 0) is 29.8 Å². The fraction of sp³-hybridized carbons (Fsp3) is 0.182. The van der Waals surface area contributed by atoms with E-state index in [0.717, 1.165) is 22.6 Å². The topological polar surface area (TPSA) is 171 Å². The summed E-state index contributed by atoms with van der Waals surface area (Å²) in [5, 5.41) is 24.0. The van der Waals surface area contributed by atoms with Crippen LogP contribution in [0.25, 0.3) is 0 Å². The minimum Gasteiger partial charge on any atom is -0.496 e. The van der Waals surface area contributed by atoms with Gasteiger partial charge in [0.25, 0.3) is 0 Å². The Kier molecular flexibility index (Phi) is 6.24. The number of methoxy groups -OCH3 is 1. The number of nitrogens with one attached hydrogen (secondary N) is 2. The van der Waals surface area contributed by atoms with Gasteiger partial charge in [0, 0.05) is 16.9 Å². The van der Waals surface area contributed by atoms with Crippen molar-refractivity contribution in [3.05, 3.63) is 64.6 Å². The van der Waals surface area contributed by atoms with Gasteiger partial charge in [-0.1, -0.05) is 6.07 Å². The second-order valence-corrected chi connectivity index (χ2v) is 8.03. The minimum absolute atomic E-state index is 0.00273.